The number of nitrogens with zero attached hydrogens (tertiary/aromatic N) is 2. The molecule has 1 aliphatic heterocycles. The molecule has 2 aliphatic rings. The van der Waals surface area contributed by atoms with Gasteiger partial charge in [-0.25, -0.2) is 4.79 Å². The first kappa shape index (κ1) is 17.3. The molecular formula is C17H22N4O4. The topological polar surface area (TPSA) is 112 Å². The summed E-state index contributed by atoms with van der Waals surface area (Å²) in [5.41, 5.74) is -0.351. The molecule has 0 bridgehead atoms. The number of amides is 4. The third-order valence-electron chi connectivity index (χ3n) is 4.94. The van der Waals surface area contributed by atoms with E-state index >= 15 is 0 Å². The number of urea groups is 1. The second-order valence-corrected chi connectivity index (χ2v) is 7.09. The van der Waals surface area contributed by atoms with Crippen molar-refractivity contribution in [3.8, 4) is 0 Å². The van der Waals surface area contributed by atoms with E-state index in [0.29, 0.717) is 18.5 Å². The Balaban J connectivity index is 1.71. The molecule has 0 radical (unpaired) electrons. The van der Waals surface area contributed by atoms with Gasteiger partial charge in [-0.3, -0.25) is 19.9 Å². The summed E-state index contributed by atoms with van der Waals surface area (Å²) in [5.74, 6) is -0.695. The summed E-state index contributed by atoms with van der Waals surface area (Å²) < 4.78 is 0. The normalized spacial score (nSPS) is 26.0. The minimum absolute atomic E-state index is 0.0934. The standard InChI is InChI=1S/C17H22N4O4/c1-17(2)15(24)20-16(25)21(17)9-13(23)19-14(10-7-11(22)8-10)12-5-3-4-6-18-12/h3-6,10-11,14,22H,7-9H2,1-2H3,(H,19,23)(H,20,24,25). The molecule has 8 nitrogen and oxygen atoms in total. The van der Waals surface area contributed by atoms with Crippen molar-refractivity contribution in [2.45, 2.75) is 44.4 Å². The number of aliphatic hydroxyl groups excluding tert-OH is 1. The number of hydrogen-bond acceptors (Lipinski definition) is 5. The maximum absolute atomic E-state index is 12.5. The number of aromatic nitrogens is 1. The molecule has 1 atom stereocenters. The Labute approximate surface area is 145 Å². The van der Waals surface area contributed by atoms with Gasteiger partial charge in [-0.15, -0.1) is 0 Å². The van der Waals surface area contributed by atoms with Crippen molar-refractivity contribution < 1.29 is 19.5 Å². The predicted octanol–water partition coefficient (Wildman–Crippen LogP) is 0.340. The summed E-state index contributed by atoms with van der Waals surface area (Å²) in [5, 5.41) is 14.7. The monoisotopic (exact) mass is 346 g/mol. The van der Waals surface area contributed by atoms with Gasteiger partial charge in [0.05, 0.1) is 17.8 Å². The molecule has 1 saturated carbocycles. The number of imide groups is 1. The van der Waals surface area contributed by atoms with Crippen molar-refractivity contribution in [1.82, 2.24) is 20.5 Å². The molecule has 1 aromatic rings. The summed E-state index contributed by atoms with van der Waals surface area (Å²) in [6, 6.07) is 4.55. The van der Waals surface area contributed by atoms with Crippen LogP contribution >= 0.6 is 0 Å². The van der Waals surface area contributed by atoms with Gasteiger partial charge in [0, 0.05) is 6.20 Å². The maximum Gasteiger partial charge on any atom is 0.325 e. The minimum atomic E-state index is -1.07. The average Bonchev–Trinajstić information content (AvgIpc) is 2.73. The van der Waals surface area contributed by atoms with Crippen LogP contribution in [0.15, 0.2) is 24.4 Å². The van der Waals surface area contributed by atoms with Crippen LogP contribution in [0.25, 0.3) is 0 Å². The fourth-order valence-corrected chi connectivity index (χ4v) is 3.22. The molecule has 3 rings (SSSR count). The molecule has 25 heavy (non-hydrogen) atoms. The van der Waals surface area contributed by atoms with Gasteiger partial charge in [0.1, 0.15) is 12.1 Å². The molecule has 0 spiro atoms. The zero-order valence-electron chi connectivity index (χ0n) is 14.2. The highest BCUT2D eigenvalue weighted by Crippen LogP contribution is 2.37. The van der Waals surface area contributed by atoms with Gasteiger partial charge in [0.15, 0.2) is 0 Å². The third-order valence-corrected chi connectivity index (χ3v) is 4.94. The Kier molecular flexibility index (Phi) is 4.47. The van der Waals surface area contributed by atoms with Crippen molar-refractivity contribution in [1.29, 1.82) is 0 Å². The van der Waals surface area contributed by atoms with Crippen molar-refractivity contribution >= 4 is 17.8 Å². The second kappa shape index (κ2) is 6.44. The van der Waals surface area contributed by atoms with E-state index in [2.05, 4.69) is 15.6 Å². The average molecular weight is 346 g/mol. The largest absolute Gasteiger partial charge is 0.393 e. The van der Waals surface area contributed by atoms with Crippen molar-refractivity contribution in [2.75, 3.05) is 6.54 Å². The first-order valence-electron chi connectivity index (χ1n) is 8.30. The lowest BCUT2D eigenvalue weighted by Gasteiger charge is -2.38. The van der Waals surface area contributed by atoms with Crippen LogP contribution in [0.1, 0.15) is 38.4 Å². The molecule has 3 N–H and O–H groups in total. The van der Waals surface area contributed by atoms with Crippen LogP contribution in [0.3, 0.4) is 0 Å². The summed E-state index contributed by atoms with van der Waals surface area (Å²) in [7, 11) is 0. The van der Waals surface area contributed by atoms with Gasteiger partial charge >= 0.3 is 6.03 Å². The molecule has 2 fully saturated rings. The van der Waals surface area contributed by atoms with E-state index in [-0.39, 0.29) is 30.5 Å². The first-order chi connectivity index (χ1) is 11.8. The van der Waals surface area contributed by atoms with Crippen molar-refractivity contribution in [3.63, 3.8) is 0 Å². The molecule has 2 heterocycles. The Morgan fingerprint density at radius 3 is 2.68 bits per heavy atom. The highest BCUT2D eigenvalue weighted by Gasteiger charge is 2.46. The van der Waals surface area contributed by atoms with Crippen LogP contribution in [-0.4, -0.2) is 51.0 Å². The maximum atomic E-state index is 12.5. The van der Waals surface area contributed by atoms with Gasteiger partial charge in [-0.1, -0.05) is 6.07 Å². The smallest absolute Gasteiger partial charge is 0.325 e. The number of nitrogens with one attached hydrogen (secondary N) is 2. The fraction of sp³-hybridized carbons (Fsp3) is 0.529. The molecule has 1 aliphatic carbocycles. The van der Waals surface area contributed by atoms with E-state index in [4.69, 9.17) is 0 Å². The van der Waals surface area contributed by atoms with Gasteiger partial charge in [0.25, 0.3) is 5.91 Å². The van der Waals surface area contributed by atoms with E-state index in [1.165, 1.54) is 4.90 Å². The predicted molar refractivity (Wildman–Crippen MR) is 88.2 cm³/mol. The van der Waals surface area contributed by atoms with Crippen molar-refractivity contribution in [3.05, 3.63) is 30.1 Å². The lowest BCUT2D eigenvalue weighted by molar-refractivity contribution is -0.127. The third kappa shape index (κ3) is 3.34. The lowest BCUT2D eigenvalue weighted by atomic mass is 9.76. The molecule has 0 aromatic carbocycles. The lowest BCUT2D eigenvalue weighted by Crippen LogP contribution is -2.50. The number of hydrogen-bond donors (Lipinski definition) is 3. The van der Waals surface area contributed by atoms with Crippen LogP contribution in [0.4, 0.5) is 4.79 Å². The van der Waals surface area contributed by atoms with Gasteiger partial charge in [0.2, 0.25) is 5.91 Å². The Bertz CT molecular complexity index is 685. The molecule has 1 unspecified atom stereocenters. The number of pyridine rings is 1. The zero-order valence-corrected chi connectivity index (χ0v) is 14.2. The molecule has 134 valence electrons. The van der Waals surface area contributed by atoms with Gasteiger partial charge < -0.3 is 15.3 Å². The number of rotatable bonds is 5. The molecule has 1 saturated heterocycles. The van der Waals surface area contributed by atoms with E-state index < -0.39 is 17.5 Å². The van der Waals surface area contributed by atoms with E-state index in [9.17, 15) is 19.5 Å². The first-order valence-corrected chi connectivity index (χ1v) is 8.30. The minimum Gasteiger partial charge on any atom is -0.393 e. The quantitative estimate of drug-likeness (QED) is 0.666. The summed E-state index contributed by atoms with van der Waals surface area (Å²) in [4.78, 5) is 41.7. The highest BCUT2D eigenvalue weighted by molar-refractivity contribution is 6.07. The van der Waals surface area contributed by atoms with E-state index in [1.54, 1.807) is 26.1 Å². The summed E-state index contributed by atoms with van der Waals surface area (Å²) in [6.07, 6.45) is 2.49. The van der Waals surface area contributed by atoms with Crippen LogP contribution < -0.4 is 10.6 Å². The number of carbonyl (C=O) groups is 3. The fourth-order valence-electron chi connectivity index (χ4n) is 3.22. The SMILES string of the molecule is CC1(C)C(=O)NC(=O)N1CC(=O)NC(c1ccccn1)C1CC(O)C1. The summed E-state index contributed by atoms with van der Waals surface area (Å²) >= 11 is 0. The zero-order chi connectivity index (χ0) is 18.2. The van der Waals surface area contributed by atoms with Crippen LogP contribution in [0.2, 0.25) is 0 Å². The van der Waals surface area contributed by atoms with Gasteiger partial charge in [-0.05, 0) is 44.7 Å². The van der Waals surface area contributed by atoms with E-state index in [0.717, 1.165) is 0 Å². The number of aliphatic hydroxyl groups is 1. The second-order valence-electron chi connectivity index (χ2n) is 7.09. The van der Waals surface area contributed by atoms with Crippen molar-refractivity contribution in [2.24, 2.45) is 5.92 Å². The molecule has 4 amide bonds. The molecular weight excluding hydrogens is 324 g/mol. The van der Waals surface area contributed by atoms with E-state index in [1.807, 2.05) is 12.1 Å². The van der Waals surface area contributed by atoms with Gasteiger partial charge in [-0.2, -0.15) is 0 Å². The molecule has 8 heteroatoms. The van der Waals surface area contributed by atoms with Crippen LogP contribution in [0.5, 0.6) is 0 Å². The number of carbonyl (C=O) groups excluding carboxylic acids is 3. The van der Waals surface area contributed by atoms with Crippen LogP contribution in [0, 0.1) is 5.92 Å². The summed E-state index contributed by atoms with van der Waals surface area (Å²) in [6.45, 7) is 2.97. The Hall–Kier alpha value is -2.48. The molecule has 1 aromatic heterocycles. The van der Waals surface area contributed by atoms with Crippen LogP contribution in [-0.2, 0) is 9.59 Å². The Morgan fingerprint density at radius 1 is 1.44 bits per heavy atom. The Morgan fingerprint density at radius 2 is 2.16 bits per heavy atom. The highest BCUT2D eigenvalue weighted by atomic mass is 16.3.